The first-order valence-electron chi connectivity index (χ1n) is 17.4. The maximum absolute atomic E-state index is 13.3. The first-order valence-corrected chi connectivity index (χ1v) is 17.4. The zero-order valence-corrected chi connectivity index (χ0v) is 27.7. The molecule has 4 heterocycles. The number of nitrogens with one attached hydrogen (secondary N) is 2. The molecular weight excluding hydrogens is 612 g/mol. The van der Waals surface area contributed by atoms with Gasteiger partial charge in [-0.3, -0.25) is 29.0 Å². The normalized spacial score (nSPS) is 20.1. The van der Waals surface area contributed by atoms with Crippen LogP contribution in [0, 0.1) is 5.92 Å². The first kappa shape index (κ1) is 33.5. The number of piperazine rings is 1. The Kier molecular flexibility index (Phi) is 10.6. The van der Waals surface area contributed by atoms with Gasteiger partial charge < -0.3 is 25.2 Å². The lowest BCUT2D eigenvalue weighted by molar-refractivity contribution is -0.124. The number of benzene rings is 1. The number of likely N-dealkylation sites (N-methyl/N-ethyl adjacent to an activating group) is 1. The number of fused-ring (bicyclic) bond motifs is 1. The summed E-state index contributed by atoms with van der Waals surface area (Å²) in [7, 11) is 1.45. The average Bonchev–Trinajstić information content (AvgIpc) is 3.37. The summed E-state index contributed by atoms with van der Waals surface area (Å²) in [6.07, 6.45) is 11.9. The second-order valence-corrected chi connectivity index (χ2v) is 13.4. The molecule has 0 spiro atoms. The van der Waals surface area contributed by atoms with Crippen LogP contribution in [0.25, 0.3) is 0 Å². The van der Waals surface area contributed by atoms with Crippen molar-refractivity contribution in [2.75, 3.05) is 62.7 Å². The van der Waals surface area contributed by atoms with E-state index in [1.54, 1.807) is 24.5 Å². The van der Waals surface area contributed by atoms with Crippen molar-refractivity contribution in [2.45, 2.75) is 69.9 Å². The molecule has 13 heteroatoms. The Morgan fingerprint density at radius 3 is 2.29 bits per heavy atom. The molecule has 1 aromatic heterocycles. The van der Waals surface area contributed by atoms with E-state index >= 15 is 0 Å². The number of aromatic nitrogens is 2. The van der Waals surface area contributed by atoms with Crippen molar-refractivity contribution in [1.82, 2.24) is 30.4 Å². The molecule has 1 aromatic carbocycles. The summed E-state index contributed by atoms with van der Waals surface area (Å²) in [4.78, 5) is 79.6. The number of hydrogen-bond donors (Lipinski definition) is 2. The van der Waals surface area contributed by atoms with Gasteiger partial charge in [-0.2, -0.15) is 0 Å². The van der Waals surface area contributed by atoms with Crippen LogP contribution in [0.5, 0.6) is 0 Å². The molecule has 3 aliphatic heterocycles. The van der Waals surface area contributed by atoms with Crippen LogP contribution in [0.3, 0.4) is 0 Å². The maximum Gasteiger partial charge on any atom is 0.271 e. The van der Waals surface area contributed by atoms with E-state index in [1.165, 1.54) is 26.3 Å². The van der Waals surface area contributed by atoms with Gasteiger partial charge in [0.25, 0.3) is 17.7 Å². The van der Waals surface area contributed by atoms with Crippen LogP contribution in [-0.4, -0.2) is 115 Å². The highest BCUT2D eigenvalue weighted by Gasteiger charge is 2.42. The van der Waals surface area contributed by atoms with Crippen LogP contribution in [0.1, 0.15) is 89.0 Å². The van der Waals surface area contributed by atoms with Gasteiger partial charge in [-0.1, -0.05) is 19.3 Å². The first-order chi connectivity index (χ1) is 23.4. The SMILES string of the molecule is CNC(=O)C(CCC=O)N1C(=O)c2ccc(N3CCN(CC4CCN(c5cnc(C(=O)NC6CCCCC6)cn5)CC4)CC3)cc2C1=O. The summed E-state index contributed by atoms with van der Waals surface area (Å²) in [5, 5.41) is 5.62. The van der Waals surface area contributed by atoms with E-state index in [9.17, 15) is 24.0 Å². The zero-order chi connectivity index (χ0) is 33.6. The molecule has 1 aliphatic carbocycles. The lowest BCUT2D eigenvalue weighted by Gasteiger charge is -2.39. The molecule has 4 amide bonds. The number of nitrogens with zero attached hydrogens (tertiary/aromatic N) is 6. The summed E-state index contributed by atoms with van der Waals surface area (Å²) >= 11 is 0. The maximum atomic E-state index is 13.3. The number of rotatable bonds is 11. The number of aldehydes is 1. The second kappa shape index (κ2) is 15.2. The smallest absolute Gasteiger partial charge is 0.271 e. The topological polar surface area (TPSA) is 148 Å². The summed E-state index contributed by atoms with van der Waals surface area (Å²) in [6, 6.07) is 4.53. The van der Waals surface area contributed by atoms with Crippen LogP contribution in [-0.2, 0) is 9.59 Å². The van der Waals surface area contributed by atoms with E-state index in [0.717, 1.165) is 87.9 Å². The molecule has 256 valence electrons. The number of carbonyl (C=O) groups is 5. The predicted octanol–water partition coefficient (Wildman–Crippen LogP) is 2.27. The fourth-order valence-electron chi connectivity index (χ4n) is 7.50. The highest BCUT2D eigenvalue weighted by molar-refractivity contribution is 6.23. The fraction of sp³-hybridized carbons (Fsp3) is 0.571. The Hall–Kier alpha value is -4.39. The number of amides is 4. The summed E-state index contributed by atoms with van der Waals surface area (Å²) < 4.78 is 0. The largest absolute Gasteiger partial charge is 0.369 e. The molecule has 2 aromatic rings. The van der Waals surface area contributed by atoms with Gasteiger partial charge >= 0.3 is 0 Å². The summed E-state index contributed by atoms with van der Waals surface area (Å²) in [5.74, 6) is -0.194. The molecule has 1 saturated carbocycles. The van der Waals surface area contributed by atoms with E-state index in [0.29, 0.717) is 23.5 Å². The number of anilines is 2. The van der Waals surface area contributed by atoms with Gasteiger partial charge in [-0.15, -0.1) is 0 Å². The quantitative estimate of drug-likeness (QED) is 0.272. The Bertz CT molecular complexity index is 1490. The van der Waals surface area contributed by atoms with Gasteiger partial charge in [-0.05, 0) is 56.2 Å². The highest BCUT2D eigenvalue weighted by Crippen LogP contribution is 2.31. The molecule has 1 atom stereocenters. The average molecular weight is 659 g/mol. The molecule has 2 N–H and O–H groups in total. The Labute approximate surface area is 281 Å². The standard InChI is InChI=1S/C35H46N8O5/c1-36-33(46)30(8-5-19-44)43-34(47)27-10-9-26(20-28(27)35(43)48)41-17-15-40(16-18-41)23-24-11-13-42(14-12-24)31-22-37-29(21-38-31)32(45)39-25-6-3-2-4-7-25/h9-10,19-22,24-25,30H,2-8,11-18,23H2,1H3,(H,36,46)(H,39,45). The summed E-state index contributed by atoms with van der Waals surface area (Å²) in [5.41, 5.74) is 1.85. The van der Waals surface area contributed by atoms with Crippen molar-refractivity contribution in [3.8, 4) is 0 Å². The van der Waals surface area contributed by atoms with Gasteiger partial charge in [-0.25, -0.2) is 9.97 Å². The minimum atomic E-state index is -1.02. The number of imide groups is 1. The van der Waals surface area contributed by atoms with Crippen molar-refractivity contribution >= 4 is 41.4 Å². The van der Waals surface area contributed by atoms with Crippen LogP contribution in [0.2, 0.25) is 0 Å². The van der Waals surface area contributed by atoms with Crippen LogP contribution >= 0.6 is 0 Å². The number of piperidine rings is 1. The van der Waals surface area contributed by atoms with E-state index in [4.69, 9.17) is 0 Å². The number of hydrogen-bond acceptors (Lipinski definition) is 10. The molecule has 0 radical (unpaired) electrons. The van der Waals surface area contributed by atoms with Crippen molar-refractivity contribution in [3.63, 3.8) is 0 Å². The zero-order valence-electron chi connectivity index (χ0n) is 27.7. The minimum absolute atomic E-state index is 0.0736. The van der Waals surface area contributed by atoms with Gasteiger partial charge in [0.1, 0.15) is 23.8 Å². The molecular formula is C35H46N8O5. The molecule has 48 heavy (non-hydrogen) atoms. The molecule has 6 rings (SSSR count). The van der Waals surface area contributed by atoms with E-state index in [-0.39, 0.29) is 30.4 Å². The van der Waals surface area contributed by atoms with Crippen molar-refractivity contribution in [3.05, 3.63) is 47.4 Å². The molecule has 1 unspecified atom stereocenters. The van der Waals surface area contributed by atoms with Crippen molar-refractivity contribution < 1.29 is 24.0 Å². The third-order valence-corrected chi connectivity index (χ3v) is 10.3. The Morgan fingerprint density at radius 2 is 1.62 bits per heavy atom. The molecule has 13 nitrogen and oxygen atoms in total. The van der Waals surface area contributed by atoms with Crippen molar-refractivity contribution in [2.24, 2.45) is 5.92 Å². The van der Waals surface area contributed by atoms with Crippen LogP contribution in [0.15, 0.2) is 30.6 Å². The molecule has 2 saturated heterocycles. The highest BCUT2D eigenvalue weighted by atomic mass is 16.2. The lowest BCUT2D eigenvalue weighted by atomic mass is 9.95. The monoisotopic (exact) mass is 658 g/mol. The van der Waals surface area contributed by atoms with Gasteiger partial charge in [0.15, 0.2) is 0 Å². The van der Waals surface area contributed by atoms with Gasteiger partial charge in [0, 0.05) is 71.0 Å². The van der Waals surface area contributed by atoms with Crippen LogP contribution < -0.4 is 20.4 Å². The Morgan fingerprint density at radius 1 is 0.896 bits per heavy atom. The lowest BCUT2D eigenvalue weighted by Crippen LogP contribution is -2.49. The van der Waals surface area contributed by atoms with E-state index in [2.05, 4.69) is 35.3 Å². The predicted molar refractivity (Wildman–Crippen MR) is 180 cm³/mol. The van der Waals surface area contributed by atoms with E-state index in [1.807, 2.05) is 6.07 Å². The minimum Gasteiger partial charge on any atom is -0.369 e. The molecule has 4 aliphatic rings. The van der Waals surface area contributed by atoms with Gasteiger partial charge in [0.2, 0.25) is 5.91 Å². The number of carbonyl (C=O) groups excluding carboxylic acids is 5. The second-order valence-electron chi connectivity index (χ2n) is 13.4. The third-order valence-electron chi connectivity index (χ3n) is 10.3. The van der Waals surface area contributed by atoms with E-state index < -0.39 is 23.8 Å². The fourth-order valence-corrected chi connectivity index (χ4v) is 7.50. The van der Waals surface area contributed by atoms with Crippen LogP contribution in [0.4, 0.5) is 11.5 Å². The third kappa shape index (κ3) is 7.35. The van der Waals surface area contributed by atoms with Crippen molar-refractivity contribution in [1.29, 1.82) is 0 Å². The van der Waals surface area contributed by atoms with Gasteiger partial charge in [0.05, 0.1) is 23.5 Å². The molecule has 3 fully saturated rings. The molecule has 0 bridgehead atoms. The summed E-state index contributed by atoms with van der Waals surface area (Å²) in [6.45, 7) is 6.25. The Balaban J connectivity index is 0.967.